The van der Waals surface area contributed by atoms with Crippen LogP contribution in [0, 0.1) is 6.92 Å². The van der Waals surface area contributed by atoms with Crippen LogP contribution in [0.25, 0.3) is 10.8 Å². The van der Waals surface area contributed by atoms with E-state index in [1.54, 1.807) is 11.3 Å². The van der Waals surface area contributed by atoms with Gasteiger partial charge in [0.05, 0.1) is 17.1 Å². The Morgan fingerprint density at radius 2 is 2.00 bits per heavy atom. The Hall–Kier alpha value is -2.24. The maximum Gasteiger partial charge on any atom is 0.225 e. The third-order valence-electron chi connectivity index (χ3n) is 4.14. The zero-order chi connectivity index (χ0) is 17.6. The average molecular weight is 354 g/mol. The van der Waals surface area contributed by atoms with Crippen molar-refractivity contribution in [3.63, 3.8) is 0 Å². The van der Waals surface area contributed by atoms with Crippen molar-refractivity contribution in [2.45, 2.75) is 26.2 Å². The first-order chi connectivity index (χ1) is 12.2. The monoisotopic (exact) mass is 354 g/mol. The Balaban J connectivity index is 1.73. The fourth-order valence-corrected chi connectivity index (χ4v) is 3.94. The van der Waals surface area contributed by atoms with Crippen LogP contribution in [0.15, 0.2) is 42.5 Å². The van der Waals surface area contributed by atoms with Crippen molar-refractivity contribution >= 4 is 28.0 Å². The minimum Gasteiger partial charge on any atom is -0.396 e. The molecular formula is C20H22N2O2S. The Kier molecular flexibility index (Phi) is 5.79. The Bertz CT molecular complexity index is 868. The summed E-state index contributed by atoms with van der Waals surface area (Å²) >= 11 is 1.61. The highest BCUT2D eigenvalue weighted by Crippen LogP contribution is 2.25. The van der Waals surface area contributed by atoms with Gasteiger partial charge in [0, 0.05) is 24.4 Å². The summed E-state index contributed by atoms with van der Waals surface area (Å²) in [4.78, 5) is 17.6. The predicted molar refractivity (Wildman–Crippen MR) is 102 cm³/mol. The van der Waals surface area contributed by atoms with E-state index in [9.17, 15) is 4.79 Å². The summed E-state index contributed by atoms with van der Waals surface area (Å²) in [6, 6.07) is 14.7. The third kappa shape index (κ3) is 4.44. The lowest BCUT2D eigenvalue weighted by molar-refractivity contribution is -0.120. The summed E-state index contributed by atoms with van der Waals surface area (Å²) in [7, 11) is 0. The highest BCUT2D eigenvalue weighted by molar-refractivity contribution is 7.11. The molecule has 1 aromatic heterocycles. The van der Waals surface area contributed by atoms with Crippen LogP contribution in [0.3, 0.4) is 0 Å². The number of aromatic nitrogens is 1. The maximum atomic E-state index is 12.0. The van der Waals surface area contributed by atoms with Crippen LogP contribution in [-0.2, 0) is 17.6 Å². The van der Waals surface area contributed by atoms with Crippen LogP contribution >= 0.6 is 11.3 Å². The number of aryl methyl sites for hydroxylation is 1. The normalized spacial score (nSPS) is 11.0. The molecule has 130 valence electrons. The van der Waals surface area contributed by atoms with Gasteiger partial charge in [-0.1, -0.05) is 42.5 Å². The zero-order valence-electron chi connectivity index (χ0n) is 14.3. The SMILES string of the molecule is Cc1nc(Cc2cccc3ccccc23)sc1CC(=O)NCCCO. The molecule has 3 aromatic rings. The number of amides is 1. The van der Waals surface area contributed by atoms with Gasteiger partial charge in [0.2, 0.25) is 5.91 Å². The van der Waals surface area contributed by atoms with Crippen LogP contribution in [0.4, 0.5) is 0 Å². The first-order valence-corrected chi connectivity index (χ1v) is 9.28. The number of fused-ring (bicyclic) bond motifs is 1. The molecule has 0 fully saturated rings. The van der Waals surface area contributed by atoms with Gasteiger partial charge in [-0.3, -0.25) is 4.79 Å². The van der Waals surface area contributed by atoms with Crippen molar-refractivity contribution < 1.29 is 9.90 Å². The quantitative estimate of drug-likeness (QED) is 0.640. The molecule has 0 bridgehead atoms. The van der Waals surface area contributed by atoms with E-state index >= 15 is 0 Å². The summed E-state index contributed by atoms with van der Waals surface area (Å²) in [5.41, 5.74) is 2.18. The molecule has 3 rings (SSSR count). The molecule has 2 N–H and O–H groups in total. The van der Waals surface area contributed by atoms with Gasteiger partial charge in [-0.2, -0.15) is 0 Å². The van der Waals surface area contributed by atoms with Crippen molar-refractivity contribution in [3.05, 3.63) is 63.6 Å². The van der Waals surface area contributed by atoms with Gasteiger partial charge in [-0.05, 0) is 29.7 Å². The Morgan fingerprint density at radius 1 is 1.20 bits per heavy atom. The summed E-state index contributed by atoms with van der Waals surface area (Å²) < 4.78 is 0. The summed E-state index contributed by atoms with van der Waals surface area (Å²) in [6.07, 6.45) is 1.71. The van der Waals surface area contributed by atoms with E-state index in [1.165, 1.54) is 16.3 Å². The smallest absolute Gasteiger partial charge is 0.225 e. The molecule has 0 unspecified atom stereocenters. The van der Waals surface area contributed by atoms with E-state index in [4.69, 9.17) is 5.11 Å². The van der Waals surface area contributed by atoms with E-state index in [0.717, 1.165) is 22.0 Å². The molecular weight excluding hydrogens is 332 g/mol. The molecule has 0 aliphatic rings. The van der Waals surface area contributed by atoms with Crippen LogP contribution in [0.5, 0.6) is 0 Å². The third-order valence-corrected chi connectivity index (χ3v) is 5.29. The first-order valence-electron chi connectivity index (χ1n) is 8.46. The number of aliphatic hydroxyl groups excluding tert-OH is 1. The van der Waals surface area contributed by atoms with Crippen LogP contribution in [0.1, 0.15) is 27.6 Å². The van der Waals surface area contributed by atoms with Crippen molar-refractivity contribution in [2.75, 3.05) is 13.2 Å². The number of benzene rings is 2. The second-order valence-electron chi connectivity index (χ2n) is 6.04. The van der Waals surface area contributed by atoms with Gasteiger partial charge >= 0.3 is 0 Å². The molecule has 1 heterocycles. The van der Waals surface area contributed by atoms with Gasteiger partial charge in [-0.25, -0.2) is 4.98 Å². The van der Waals surface area contributed by atoms with Crippen molar-refractivity contribution in [2.24, 2.45) is 0 Å². The van der Waals surface area contributed by atoms with Gasteiger partial charge in [0.15, 0.2) is 0 Å². The molecule has 0 aliphatic carbocycles. The largest absolute Gasteiger partial charge is 0.396 e. The molecule has 1 amide bonds. The first kappa shape index (κ1) is 17.6. The lowest BCUT2D eigenvalue weighted by Gasteiger charge is -2.04. The van der Waals surface area contributed by atoms with Crippen LogP contribution in [-0.4, -0.2) is 29.1 Å². The lowest BCUT2D eigenvalue weighted by Crippen LogP contribution is -2.26. The number of thiazole rings is 1. The molecule has 4 nitrogen and oxygen atoms in total. The number of nitrogens with one attached hydrogen (secondary N) is 1. The predicted octanol–water partition coefficient (Wildman–Crippen LogP) is 3.24. The van der Waals surface area contributed by atoms with E-state index in [1.807, 2.05) is 13.0 Å². The van der Waals surface area contributed by atoms with Gasteiger partial charge in [-0.15, -0.1) is 11.3 Å². The average Bonchev–Trinajstić information content (AvgIpc) is 2.94. The number of hydrogen-bond acceptors (Lipinski definition) is 4. The fourth-order valence-electron chi connectivity index (χ4n) is 2.85. The van der Waals surface area contributed by atoms with Crippen LogP contribution < -0.4 is 5.32 Å². The lowest BCUT2D eigenvalue weighted by atomic mass is 10.0. The zero-order valence-corrected chi connectivity index (χ0v) is 15.1. The topological polar surface area (TPSA) is 62.2 Å². The van der Waals surface area contributed by atoms with E-state index in [-0.39, 0.29) is 12.5 Å². The summed E-state index contributed by atoms with van der Waals surface area (Å²) in [5, 5.41) is 15.1. The van der Waals surface area contributed by atoms with Crippen molar-refractivity contribution in [1.29, 1.82) is 0 Å². The maximum absolute atomic E-state index is 12.0. The second kappa shape index (κ2) is 8.23. The molecule has 0 radical (unpaired) electrons. The van der Waals surface area contributed by atoms with Crippen molar-refractivity contribution in [1.82, 2.24) is 10.3 Å². The minimum atomic E-state index is -0.0167. The molecule has 0 spiro atoms. The van der Waals surface area contributed by atoms with Crippen LogP contribution in [0.2, 0.25) is 0 Å². The number of carbonyl (C=O) groups is 1. The second-order valence-corrected chi connectivity index (χ2v) is 7.20. The minimum absolute atomic E-state index is 0.0167. The molecule has 25 heavy (non-hydrogen) atoms. The molecule has 0 saturated carbocycles. The molecule has 0 saturated heterocycles. The number of rotatable bonds is 7. The standard InChI is InChI=1S/C20H22N2O2S/c1-14-18(13-19(24)21-10-5-11-23)25-20(22-14)12-16-8-4-7-15-6-2-3-9-17(15)16/h2-4,6-9,23H,5,10-13H2,1H3,(H,21,24). The number of hydrogen-bond donors (Lipinski definition) is 2. The highest BCUT2D eigenvalue weighted by atomic mass is 32.1. The van der Waals surface area contributed by atoms with Gasteiger partial charge in [0.25, 0.3) is 0 Å². The van der Waals surface area contributed by atoms with E-state index in [2.05, 4.69) is 46.7 Å². The number of aliphatic hydroxyl groups is 1. The van der Waals surface area contributed by atoms with E-state index < -0.39 is 0 Å². The fraction of sp³-hybridized carbons (Fsp3) is 0.300. The molecule has 5 heteroatoms. The molecule has 0 atom stereocenters. The summed E-state index contributed by atoms with van der Waals surface area (Å²) in [6.45, 7) is 2.56. The Labute approximate surface area is 151 Å². The molecule has 0 aliphatic heterocycles. The number of carbonyl (C=O) groups excluding carboxylic acids is 1. The Morgan fingerprint density at radius 3 is 2.84 bits per heavy atom. The summed E-state index contributed by atoms with van der Waals surface area (Å²) in [5.74, 6) is -0.0167. The van der Waals surface area contributed by atoms with Crippen molar-refractivity contribution in [3.8, 4) is 0 Å². The van der Waals surface area contributed by atoms with Gasteiger partial charge in [0.1, 0.15) is 0 Å². The van der Waals surface area contributed by atoms with Gasteiger partial charge < -0.3 is 10.4 Å². The van der Waals surface area contributed by atoms with E-state index in [0.29, 0.717) is 19.4 Å². The number of nitrogens with zero attached hydrogens (tertiary/aromatic N) is 1. The highest BCUT2D eigenvalue weighted by Gasteiger charge is 2.13. The molecule has 2 aromatic carbocycles.